The Kier molecular flexibility index (Phi) is 3.09. The van der Waals surface area contributed by atoms with E-state index in [-0.39, 0.29) is 6.10 Å². The maximum absolute atomic E-state index is 5.83. The molecule has 4 heteroatoms. The van der Waals surface area contributed by atoms with Gasteiger partial charge in [0, 0.05) is 18.4 Å². The third-order valence-electron chi connectivity index (χ3n) is 3.13. The van der Waals surface area contributed by atoms with Crippen molar-refractivity contribution in [3.63, 3.8) is 0 Å². The van der Waals surface area contributed by atoms with Crippen LogP contribution in [0.25, 0.3) is 0 Å². The highest BCUT2D eigenvalue weighted by atomic mass is 16.6. The summed E-state index contributed by atoms with van der Waals surface area (Å²) in [6.45, 7) is 2.47. The van der Waals surface area contributed by atoms with Gasteiger partial charge in [-0.25, -0.2) is 0 Å². The molecule has 1 aliphatic rings. The summed E-state index contributed by atoms with van der Waals surface area (Å²) in [6, 6.07) is 9.63. The van der Waals surface area contributed by atoms with Crippen LogP contribution >= 0.6 is 0 Å². The quantitative estimate of drug-likeness (QED) is 0.846. The number of pyridine rings is 1. The van der Waals surface area contributed by atoms with E-state index < -0.39 is 0 Å². The Morgan fingerprint density at radius 3 is 2.89 bits per heavy atom. The van der Waals surface area contributed by atoms with Crippen molar-refractivity contribution in [3.05, 3.63) is 47.8 Å². The van der Waals surface area contributed by atoms with Gasteiger partial charge in [0.25, 0.3) is 0 Å². The molecule has 0 unspecified atom stereocenters. The molecule has 0 amide bonds. The highest BCUT2D eigenvalue weighted by Gasteiger charge is 2.27. The minimum Gasteiger partial charge on any atom is -0.486 e. The largest absolute Gasteiger partial charge is 0.486 e. The van der Waals surface area contributed by atoms with E-state index in [1.165, 1.54) is 0 Å². The Labute approximate surface area is 112 Å². The highest BCUT2D eigenvalue weighted by Crippen LogP contribution is 2.42. The Morgan fingerprint density at radius 2 is 2.16 bits per heavy atom. The number of ether oxygens (including phenoxy) is 3. The van der Waals surface area contributed by atoms with Crippen LogP contribution in [-0.4, -0.2) is 18.7 Å². The van der Waals surface area contributed by atoms with Gasteiger partial charge in [0.15, 0.2) is 11.5 Å². The van der Waals surface area contributed by atoms with Crippen molar-refractivity contribution in [2.24, 2.45) is 0 Å². The number of hydrogen-bond donors (Lipinski definition) is 0. The summed E-state index contributed by atoms with van der Waals surface area (Å²) in [7, 11) is 1.68. The van der Waals surface area contributed by atoms with E-state index in [9.17, 15) is 0 Å². The summed E-state index contributed by atoms with van der Waals surface area (Å²) in [6.07, 6.45) is 1.69. The van der Waals surface area contributed by atoms with Gasteiger partial charge in [-0.15, -0.1) is 0 Å². The molecule has 1 atom stereocenters. The summed E-state index contributed by atoms with van der Waals surface area (Å²) in [5.41, 5.74) is 1.99. The molecule has 0 radical (unpaired) electrons. The lowest BCUT2D eigenvalue weighted by Crippen LogP contribution is -2.01. The highest BCUT2D eigenvalue weighted by molar-refractivity contribution is 5.51. The number of aromatic nitrogens is 1. The van der Waals surface area contributed by atoms with Crippen molar-refractivity contribution in [3.8, 4) is 17.2 Å². The minimum absolute atomic E-state index is 0.0188. The molecule has 19 heavy (non-hydrogen) atoms. The lowest BCUT2D eigenvalue weighted by molar-refractivity contribution is 0.0815. The fourth-order valence-corrected chi connectivity index (χ4v) is 2.11. The molecule has 0 saturated carbocycles. The Hall–Kier alpha value is -2.07. The lowest BCUT2D eigenvalue weighted by atomic mass is 10.1. The maximum atomic E-state index is 5.83. The third-order valence-corrected chi connectivity index (χ3v) is 3.13. The van der Waals surface area contributed by atoms with Gasteiger partial charge in [0.2, 0.25) is 0 Å². The second kappa shape index (κ2) is 4.90. The lowest BCUT2D eigenvalue weighted by Gasteiger charge is -2.10. The molecule has 1 aromatic carbocycles. The zero-order chi connectivity index (χ0) is 13.2. The molecule has 98 valence electrons. The molecule has 2 heterocycles. The molecule has 0 aliphatic carbocycles. The van der Waals surface area contributed by atoms with Gasteiger partial charge in [-0.05, 0) is 25.1 Å². The van der Waals surface area contributed by atoms with Gasteiger partial charge in [0.1, 0.15) is 18.5 Å². The normalized spacial score (nSPS) is 16.8. The number of methoxy groups -OCH3 is 1. The Balaban J connectivity index is 1.90. The molecule has 0 bridgehead atoms. The molecule has 0 saturated heterocycles. The van der Waals surface area contributed by atoms with Crippen LogP contribution in [0.3, 0.4) is 0 Å². The van der Waals surface area contributed by atoms with Crippen LogP contribution in [0.2, 0.25) is 0 Å². The van der Waals surface area contributed by atoms with Gasteiger partial charge in [-0.2, -0.15) is 0 Å². The second-order valence-electron chi connectivity index (χ2n) is 4.45. The predicted octanol–water partition coefficient (Wildman–Crippen LogP) is 3.26. The predicted molar refractivity (Wildman–Crippen MR) is 70.7 cm³/mol. The molecule has 0 fully saturated rings. The van der Waals surface area contributed by atoms with Crippen molar-refractivity contribution < 1.29 is 14.2 Å². The van der Waals surface area contributed by atoms with Crippen LogP contribution in [0.5, 0.6) is 17.2 Å². The maximum Gasteiger partial charge on any atom is 0.169 e. The first-order chi connectivity index (χ1) is 9.28. The summed E-state index contributed by atoms with van der Waals surface area (Å²) in [5.74, 6) is 2.15. The molecule has 1 aliphatic heterocycles. The Bertz CT molecular complexity index is 580. The van der Waals surface area contributed by atoms with E-state index in [1.807, 2.05) is 37.3 Å². The molecule has 2 aromatic rings. The monoisotopic (exact) mass is 257 g/mol. The first kappa shape index (κ1) is 12.0. The van der Waals surface area contributed by atoms with Gasteiger partial charge in [-0.3, -0.25) is 4.98 Å². The second-order valence-corrected chi connectivity index (χ2v) is 4.45. The standard InChI is InChI=1S/C15H15NO3/c1-10-6-7-11(8-16-10)19-13-5-3-4-12-14(17-2)9-18-15(12)13/h3-8,14H,9H2,1-2H3/t14-/m1/s1. The SMILES string of the molecule is CO[C@@H]1COc2c(Oc3ccc(C)nc3)cccc21. The number of para-hydroxylation sites is 1. The average Bonchev–Trinajstić information content (AvgIpc) is 2.85. The molecular formula is C15H15NO3. The third kappa shape index (κ3) is 2.27. The smallest absolute Gasteiger partial charge is 0.169 e. The van der Waals surface area contributed by atoms with Gasteiger partial charge in [-0.1, -0.05) is 12.1 Å². The van der Waals surface area contributed by atoms with Gasteiger partial charge >= 0.3 is 0 Å². The van der Waals surface area contributed by atoms with E-state index in [1.54, 1.807) is 13.3 Å². The number of fused-ring (bicyclic) bond motifs is 1. The summed E-state index contributed by atoms with van der Waals surface area (Å²) >= 11 is 0. The molecule has 1 aromatic heterocycles. The fraction of sp³-hybridized carbons (Fsp3) is 0.267. The first-order valence-electron chi connectivity index (χ1n) is 6.17. The number of benzene rings is 1. The topological polar surface area (TPSA) is 40.6 Å². The first-order valence-corrected chi connectivity index (χ1v) is 6.17. The van der Waals surface area contributed by atoms with Crippen molar-refractivity contribution in [2.45, 2.75) is 13.0 Å². The summed E-state index contributed by atoms with van der Waals surface area (Å²) in [5, 5.41) is 0. The van der Waals surface area contributed by atoms with Crippen LogP contribution in [0.4, 0.5) is 0 Å². The van der Waals surface area contributed by atoms with E-state index in [0.717, 1.165) is 17.0 Å². The van der Waals surface area contributed by atoms with E-state index in [4.69, 9.17) is 14.2 Å². The van der Waals surface area contributed by atoms with Crippen LogP contribution in [0.15, 0.2) is 36.5 Å². The van der Waals surface area contributed by atoms with E-state index >= 15 is 0 Å². The molecule has 3 rings (SSSR count). The molecule has 0 spiro atoms. The molecule has 0 N–H and O–H groups in total. The summed E-state index contributed by atoms with van der Waals surface area (Å²) < 4.78 is 16.9. The number of aryl methyl sites for hydroxylation is 1. The Morgan fingerprint density at radius 1 is 1.26 bits per heavy atom. The number of nitrogens with zero attached hydrogens (tertiary/aromatic N) is 1. The van der Waals surface area contributed by atoms with Crippen LogP contribution in [0.1, 0.15) is 17.4 Å². The minimum atomic E-state index is -0.0188. The fourth-order valence-electron chi connectivity index (χ4n) is 2.11. The van der Waals surface area contributed by atoms with Crippen molar-refractivity contribution in [1.82, 2.24) is 4.98 Å². The molecule has 4 nitrogen and oxygen atoms in total. The van der Waals surface area contributed by atoms with Crippen molar-refractivity contribution in [2.75, 3.05) is 13.7 Å². The van der Waals surface area contributed by atoms with Gasteiger partial charge in [0.05, 0.1) is 6.20 Å². The van der Waals surface area contributed by atoms with E-state index in [2.05, 4.69) is 4.98 Å². The van der Waals surface area contributed by atoms with Crippen LogP contribution in [0, 0.1) is 6.92 Å². The number of rotatable bonds is 3. The van der Waals surface area contributed by atoms with Crippen molar-refractivity contribution >= 4 is 0 Å². The number of hydrogen-bond acceptors (Lipinski definition) is 4. The van der Waals surface area contributed by atoms with Gasteiger partial charge < -0.3 is 14.2 Å². The van der Waals surface area contributed by atoms with E-state index in [0.29, 0.717) is 18.1 Å². The van der Waals surface area contributed by atoms with Crippen molar-refractivity contribution in [1.29, 1.82) is 0 Å². The van der Waals surface area contributed by atoms with Crippen LogP contribution in [-0.2, 0) is 4.74 Å². The van der Waals surface area contributed by atoms with Crippen LogP contribution < -0.4 is 9.47 Å². The zero-order valence-corrected chi connectivity index (χ0v) is 10.9. The molecular weight excluding hydrogens is 242 g/mol. The summed E-state index contributed by atoms with van der Waals surface area (Å²) in [4.78, 5) is 4.21. The average molecular weight is 257 g/mol. The zero-order valence-electron chi connectivity index (χ0n) is 10.9.